The molecule has 3 aromatic rings. The Morgan fingerprint density at radius 1 is 1.13 bits per heavy atom. The van der Waals surface area contributed by atoms with Gasteiger partial charge in [0.15, 0.2) is 0 Å². The lowest BCUT2D eigenvalue weighted by Gasteiger charge is -2.08. The van der Waals surface area contributed by atoms with E-state index in [1.807, 2.05) is 24.3 Å². The van der Waals surface area contributed by atoms with Gasteiger partial charge in [-0.3, -0.25) is 4.98 Å². The summed E-state index contributed by atoms with van der Waals surface area (Å²) < 4.78 is 0. The van der Waals surface area contributed by atoms with Crippen LogP contribution in [0.2, 0.25) is 0 Å². The molecule has 0 spiro atoms. The lowest BCUT2D eigenvalue weighted by molar-refractivity contribution is -0.131. The minimum atomic E-state index is -0.948. The van der Waals surface area contributed by atoms with Crippen LogP contribution in [0.1, 0.15) is 18.1 Å². The first-order valence-electron chi connectivity index (χ1n) is 7.42. The summed E-state index contributed by atoms with van der Waals surface area (Å²) >= 11 is 0. The number of nitrogens with zero attached hydrogens (tertiary/aromatic N) is 1. The lowest BCUT2D eigenvalue weighted by Crippen LogP contribution is -1.91. The fourth-order valence-corrected chi connectivity index (χ4v) is 2.68. The molecule has 0 aliphatic rings. The van der Waals surface area contributed by atoms with Gasteiger partial charge in [-0.1, -0.05) is 30.3 Å². The molecule has 0 aliphatic carbocycles. The highest BCUT2D eigenvalue weighted by atomic mass is 16.4. The Morgan fingerprint density at radius 2 is 1.91 bits per heavy atom. The molecular weight excluding hydrogens is 286 g/mol. The van der Waals surface area contributed by atoms with Crippen molar-refractivity contribution in [2.24, 2.45) is 0 Å². The maximum Gasteiger partial charge on any atom is 0.328 e. The molecule has 0 saturated carbocycles. The number of aliphatic carboxylic acids is 1. The van der Waals surface area contributed by atoms with Crippen molar-refractivity contribution < 1.29 is 9.90 Å². The Hall–Kier alpha value is -2.94. The number of benzene rings is 2. The predicted molar refractivity (Wildman–Crippen MR) is 93.2 cm³/mol. The van der Waals surface area contributed by atoms with E-state index < -0.39 is 5.97 Å². The molecule has 0 fully saturated rings. The van der Waals surface area contributed by atoms with Crippen LogP contribution < -0.4 is 0 Å². The second-order valence-electron chi connectivity index (χ2n) is 5.61. The first kappa shape index (κ1) is 15.0. The van der Waals surface area contributed by atoms with Crippen molar-refractivity contribution in [3.8, 4) is 11.1 Å². The predicted octanol–water partition coefficient (Wildman–Crippen LogP) is 4.70. The van der Waals surface area contributed by atoms with E-state index in [-0.39, 0.29) is 0 Å². The highest BCUT2D eigenvalue weighted by molar-refractivity contribution is 5.92. The first-order chi connectivity index (χ1) is 11.0. The van der Waals surface area contributed by atoms with E-state index in [0.29, 0.717) is 5.57 Å². The fourth-order valence-electron chi connectivity index (χ4n) is 2.68. The number of carboxylic acids is 1. The van der Waals surface area contributed by atoms with Crippen LogP contribution in [0.4, 0.5) is 0 Å². The average Bonchev–Trinajstić information content (AvgIpc) is 2.53. The lowest BCUT2D eigenvalue weighted by atomic mass is 9.98. The number of carbonyl (C=O) groups is 1. The van der Waals surface area contributed by atoms with Crippen LogP contribution in [0.5, 0.6) is 0 Å². The van der Waals surface area contributed by atoms with Crippen LogP contribution in [-0.2, 0) is 4.79 Å². The summed E-state index contributed by atoms with van der Waals surface area (Å²) in [7, 11) is 0. The molecule has 0 radical (unpaired) electrons. The molecule has 3 heteroatoms. The van der Waals surface area contributed by atoms with Crippen LogP contribution in [0.15, 0.2) is 60.8 Å². The van der Waals surface area contributed by atoms with Crippen LogP contribution in [-0.4, -0.2) is 16.1 Å². The number of fused-ring (bicyclic) bond motifs is 1. The maximum absolute atomic E-state index is 10.8. The van der Waals surface area contributed by atoms with Gasteiger partial charge in [-0.2, -0.15) is 0 Å². The summed E-state index contributed by atoms with van der Waals surface area (Å²) in [6.45, 7) is 3.87. The van der Waals surface area contributed by atoms with E-state index in [1.54, 1.807) is 13.1 Å². The third-order valence-electron chi connectivity index (χ3n) is 3.93. The molecule has 0 bridgehead atoms. The van der Waals surface area contributed by atoms with Crippen LogP contribution in [0.3, 0.4) is 0 Å². The Morgan fingerprint density at radius 3 is 2.65 bits per heavy atom. The normalized spacial score (nSPS) is 11.7. The summed E-state index contributed by atoms with van der Waals surface area (Å²) in [5, 5.41) is 9.89. The molecule has 23 heavy (non-hydrogen) atoms. The Labute approximate surface area is 134 Å². The number of hydrogen-bond donors (Lipinski definition) is 1. The molecular formula is C20H17NO2. The van der Waals surface area contributed by atoms with E-state index in [9.17, 15) is 4.79 Å². The number of hydrogen-bond acceptors (Lipinski definition) is 2. The minimum Gasteiger partial charge on any atom is -0.478 e. The zero-order chi connectivity index (χ0) is 16.4. The minimum absolute atomic E-state index is 0.688. The standard InChI is InChI=1S/C20H17NO2/c1-13-5-3-4-6-18(13)15-7-8-19-16(10-15)11-17(12-21-19)14(2)9-20(22)23/h3-12H,1-2H3,(H,22,23)/b14-9+. The molecule has 1 heterocycles. The molecule has 114 valence electrons. The smallest absolute Gasteiger partial charge is 0.328 e. The van der Waals surface area contributed by atoms with Gasteiger partial charge in [0.25, 0.3) is 0 Å². The first-order valence-corrected chi connectivity index (χ1v) is 7.42. The second kappa shape index (κ2) is 6.05. The summed E-state index contributed by atoms with van der Waals surface area (Å²) in [4.78, 5) is 15.3. The van der Waals surface area contributed by atoms with Gasteiger partial charge in [0, 0.05) is 17.7 Å². The van der Waals surface area contributed by atoms with Crippen molar-refractivity contribution in [2.75, 3.05) is 0 Å². The van der Waals surface area contributed by atoms with Crippen molar-refractivity contribution in [3.05, 3.63) is 71.9 Å². The number of pyridine rings is 1. The molecule has 0 saturated heterocycles. The van der Waals surface area contributed by atoms with Gasteiger partial charge < -0.3 is 5.11 Å². The van der Waals surface area contributed by atoms with Gasteiger partial charge in [-0.05, 0) is 59.9 Å². The molecule has 1 N–H and O–H groups in total. The highest BCUT2D eigenvalue weighted by Crippen LogP contribution is 2.27. The van der Waals surface area contributed by atoms with Gasteiger partial charge in [0.05, 0.1) is 5.52 Å². The van der Waals surface area contributed by atoms with E-state index in [2.05, 4.69) is 36.2 Å². The van der Waals surface area contributed by atoms with Crippen molar-refractivity contribution in [2.45, 2.75) is 13.8 Å². The zero-order valence-electron chi connectivity index (χ0n) is 13.1. The molecule has 0 atom stereocenters. The highest BCUT2D eigenvalue weighted by Gasteiger charge is 2.05. The molecule has 0 unspecified atom stereocenters. The number of aromatic nitrogens is 1. The van der Waals surface area contributed by atoms with E-state index >= 15 is 0 Å². The number of aryl methyl sites for hydroxylation is 1. The van der Waals surface area contributed by atoms with Crippen LogP contribution >= 0.6 is 0 Å². The van der Waals surface area contributed by atoms with E-state index in [4.69, 9.17) is 5.11 Å². The largest absolute Gasteiger partial charge is 0.478 e. The van der Waals surface area contributed by atoms with Gasteiger partial charge >= 0.3 is 5.97 Å². The number of carboxylic acid groups (broad SMARTS) is 1. The van der Waals surface area contributed by atoms with Crippen LogP contribution in [0, 0.1) is 6.92 Å². The topological polar surface area (TPSA) is 50.2 Å². The Balaban J connectivity index is 2.12. The van der Waals surface area contributed by atoms with Gasteiger partial charge in [-0.15, -0.1) is 0 Å². The SMILES string of the molecule is C/C(=C\C(=O)O)c1cnc2ccc(-c3ccccc3C)cc2c1. The van der Waals surface area contributed by atoms with Crippen molar-refractivity contribution in [3.63, 3.8) is 0 Å². The molecule has 0 amide bonds. The zero-order valence-corrected chi connectivity index (χ0v) is 13.1. The number of allylic oxidation sites excluding steroid dienone is 1. The molecule has 2 aromatic carbocycles. The molecule has 3 nitrogen and oxygen atoms in total. The van der Waals surface area contributed by atoms with Gasteiger partial charge in [0.2, 0.25) is 0 Å². The van der Waals surface area contributed by atoms with Crippen LogP contribution in [0.25, 0.3) is 27.6 Å². The average molecular weight is 303 g/mol. The monoisotopic (exact) mass is 303 g/mol. The third-order valence-corrected chi connectivity index (χ3v) is 3.93. The summed E-state index contributed by atoms with van der Waals surface area (Å²) in [6, 6.07) is 16.4. The van der Waals surface area contributed by atoms with Gasteiger partial charge in [-0.25, -0.2) is 4.79 Å². The summed E-state index contributed by atoms with van der Waals surface area (Å²) in [5.74, 6) is -0.948. The Kier molecular flexibility index (Phi) is 3.94. The summed E-state index contributed by atoms with van der Waals surface area (Å²) in [6.07, 6.45) is 2.92. The molecule has 3 rings (SSSR count). The molecule has 1 aromatic heterocycles. The fraction of sp³-hybridized carbons (Fsp3) is 0.100. The quantitative estimate of drug-likeness (QED) is 0.714. The second-order valence-corrected chi connectivity index (χ2v) is 5.61. The Bertz CT molecular complexity index is 926. The third kappa shape index (κ3) is 3.14. The van der Waals surface area contributed by atoms with E-state index in [1.165, 1.54) is 17.2 Å². The van der Waals surface area contributed by atoms with Crippen molar-refractivity contribution >= 4 is 22.4 Å². The van der Waals surface area contributed by atoms with E-state index in [0.717, 1.165) is 22.0 Å². The van der Waals surface area contributed by atoms with Gasteiger partial charge in [0.1, 0.15) is 0 Å². The molecule has 0 aliphatic heterocycles. The maximum atomic E-state index is 10.8. The number of rotatable bonds is 3. The van der Waals surface area contributed by atoms with Crippen molar-refractivity contribution in [1.82, 2.24) is 4.98 Å². The van der Waals surface area contributed by atoms with Crippen molar-refractivity contribution in [1.29, 1.82) is 0 Å². The summed E-state index contributed by atoms with van der Waals surface area (Å²) in [5.41, 5.74) is 5.95.